The van der Waals surface area contributed by atoms with Crippen LogP contribution >= 0.6 is 22.9 Å². The van der Waals surface area contributed by atoms with E-state index in [0.29, 0.717) is 18.0 Å². The Bertz CT molecular complexity index is 943. The maximum atomic E-state index is 12.6. The molecule has 1 aliphatic heterocycles. The molecule has 2 heterocycles. The summed E-state index contributed by atoms with van der Waals surface area (Å²) in [5.74, 6) is 0.608. The molecule has 4 rings (SSSR count). The predicted molar refractivity (Wildman–Crippen MR) is 119 cm³/mol. The highest BCUT2D eigenvalue weighted by molar-refractivity contribution is 7.16. The van der Waals surface area contributed by atoms with Crippen LogP contribution in [0.4, 0.5) is 10.7 Å². The Morgan fingerprint density at radius 1 is 1.34 bits per heavy atom. The lowest BCUT2D eigenvalue weighted by atomic mass is 9.89. The van der Waals surface area contributed by atoms with Crippen molar-refractivity contribution in [2.45, 2.75) is 26.2 Å². The summed E-state index contributed by atoms with van der Waals surface area (Å²) in [4.78, 5) is 18.4. The van der Waals surface area contributed by atoms with Gasteiger partial charge in [0.15, 0.2) is 0 Å². The maximum absolute atomic E-state index is 12.6. The number of nitrogens with one attached hydrogen (secondary N) is 1. The van der Waals surface area contributed by atoms with Gasteiger partial charge in [0.1, 0.15) is 11.1 Å². The van der Waals surface area contributed by atoms with Crippen molar-refractivity contribution in [2.24, 2.45) is 5.92 Å². The fourth-order valence-electron chi connectivity index (χ4n) is 4.16. The molecule has 29 heavy (non-hydrogen) atoms. The van der Waals surface area contributed by atoms with Crippen molar-refractivity contribution in [3.05, 3.63) is 45.3 Å². The Kier molecular flexibility index (Phi) is 6.09. The summed E-state index contributed by atoms with van der Waals surface area (Å²) in [5, 5.41) is 14.1. The van der Waals surface area contributed by atoms with Crippen molar-refractivity contribution in [1.29, 1.82) is 5.26 Å². The van der Waals surface area contributed by atoms with Crippen LogP contribution in [0.2, 0.25) is 5.02 Å². The van der Waals surface area contributed by atoms with E-state index in [4.69, 9.17) is 11.6 Å². The number of piperazine rings is 1. The van der Waals surface area contributed by atoms with Crippen LogP contribution in [0, 0.1) is 17.2 Å². The molecule has 5 nitrogen and oxygen atoms in total. The molecule has 0 saturated carbocycles. The molecule has 1 amide bonds. The first-order valence-electron chi connectivity index (χ1n) is 10.1. The number of anilines is 2. The average Bonchev–Trinajstić information content (AvgIpc) is 3.04. The molecule has 7 heteroatoms. The van der Waals surface area contributed by atoms with Gasteiger partial charge in [0.25, 0.3) is 0 Å². The summed E-state index contributed by atoms with van der Waals surface area (Å²) < 4.78 is 0. The van der Waals surface area contributed by atoms with Crippen molar-refractivity contribution < 1.29 is 4.79 Å². The van der Waals surface area contributed by atoms with Gasteiger partial charge in [-0.15, -0.1) is 11.3 Å². The normalized spacial score (nSPS) is 19.5. The second-order valence-corrected chi connectivity index (χ2v) is 9.50. The van der Waals surface area contributed by atoms with Gasteiger partial charge in [-0.2, -0.15) is 5.26 Å². The highest BCUT2D eigenvalue weighted by atomic mass is 35.5. The lowest BCUT2D eigenvalue weighted by Gasteiger charge is -2.35. The SMILES string of the molecule is C[C@@H]1CCc2c(sc(NC(=O)CN3CCN(c4cccc(Cl)c4)CC3)c2C#N)C1. The molecular weight excluding hydrogens is 404 g/mol. The Morgan fingerprint density at radius 3 is 2.86 bits per heavy atom. The Hall–Kier alpha value is -2.07. The van der Waals surface area contributed by atoms with E-state index >= 15 is 0 Å². The van der Waals surface area contributed by atoms with Gasteiger partial charge >= 0.3 is 0 Å². The van der Waals surface area contributed by atoms with E-state index in [2.05, 4.69) is 34.2 Å². The third-order valence-corrected chi connectivity index (χ3v) is 7.19. The zero-order chi connectivity index (χ0) is 20.4. The molecule has 1 fully saturated rings. The van der Waals surface area contributed by atoms with Crippen LogP contribution < -0.4 is 10.2 Å². The number of hydrogen-bond acceptors (Lipinski definition) is 5. The highest BCUT2D eigenvalue weighted by Crippen LogP contribution is 2.39. The van der Waals surface area contributed by atoms with Crippen molar-refractivity contribution in [1.82, 2.24) is 4.90 Å². The van der Waals surface area contributed by atoms with E-state index in [1.165, 1.54) is 4.88 Å². The number of carbonyl (C=O) groups is 1. The summed E-state index contributed by atoms with van der Waals surface area (Å²) >= 11 is 7.68. The molecule has 2 aromatic rings. The third kappa shape index (κ3) is 4.58. The number of nitriles is 1. The minimum atomic E-state index is -0.0376. The molecule has 1 saturated heterocycles. The summed E-state index contributed by atoms with van der Waals surface area (Å²) in [5.41, 5.74) is 2.95. The number of fused-ring (bicyclic) bond motifs is 1. The smallest absolute Gasteiger partial charge is 0.239 e. The minimum absolute atomic E-state index is 0.0376. The standard InChI is InChI=1S/C22H25ClN4OS/c1-15-5-6-18-19(13-24)22(29-20(18)11-15)25-21(28)14-26-7-9-27(10-8-26)17-4-2-3-16(23)12-17/h2-4,12,15H,5-11,14H2,1H3,(H,25,28)/t15-/m1/s1. The summed E-state index contributed by atoms with van der Waals surface area (Å²) in [6, 6.07) is 10.2. The monoisotopic (exact) mass is 428 g/mol. The number of thiophene rings is 1. The van der Waals surface area contributed by atoms with Gasteiger partial charge in [-0.05, 0) is 48.9 Å². The van der Waals surface area contributed by atoms with E-state index in [-0.39, 0.29) is 5.91 Å². The first-order chi connectivity index (χ1) is 14.0. The van der Waals surface area contributed by atoms with Crippen molar-refractivity contribution in [2.75, 3.05) is 42.9 Å². The molecule has 1 atom stereocenters. The van der Waals surface area contributed by atoms with E-state index in [0.717, 1.165) is 66.7 Å². The predicted octanol–water partition coefficient (Wildman–Crippen LogP) is 4.16. The molecule has 1 aromatic heterocycles. The van der Waals surface area contributed by atoms with Crippen LogP contribution in [0.5, 0.6) is 0 Å². The van der Waals surface area contributed by atoms with Crippen LogP contribution in [0.25, 0.3) is 0 Å². The van der Waals surface area contributed by atoms with Gasteiger partial charge in [-0.3, -0.25) is 9.69 Å². The molecular formula is C22H25ClN4OS. The van der Waals surface area contributed by atoms with Crippen LogP contribution in [-0.2, 0) is 17.6 Å². The zero-order valence-electron chi connectivity index (χ0n) is 16.6. The van der Waals surface area contributed by atoms with E-state index in [1.54, 1.807) is 11.3 Å². The van der Waals surface area contributed by atoms with Crippen LogP contribution in [0.3, 0.4) is 0 Å². The van der Waals surface area contributed by atoms with Gasteiger partial charge in [-0.25, -0.2) is 0 Å². The average molecular weight is 429 g/mol. The maximum Gasteiger partial charge on any atom is 0.239 e. The molecule has 0 spiro atoms. The highest BCUT2D eigenvalue weighted by Gasteiger charge is 2.25. The molecule has 0 radical (unpaired) electrons. The van der Waals surface area contributed by atoms with Crippen LogP contribution in [0.15, 0.2) is 24.3 Å². The fourth-order valence-corrected chi connectivity index (χ4v) is 5.73. The number of nitrogens with zero attached hydrogens (tertiary/aromatic N) is 3. The summed E-state index contributed by atoms with van der Waals surface area (Å²) in [6.45, 7) is 5.97. The number of carbonyl (C=O) groups excluding carboxylic acids is 1. The second kappa shape index (κ2) is 8.74. The Morgan fingerprint density at radius 2 is 2.14 bits per heavy atom. The van der Waals surface area contributed by atoms with Crippen molar-refractivity contribution >= 4 is 39.5 Å². The molecule has 1 aromatic carbocycles. The summed E-state index contributed by atoms with van der Waals surface area (Å²) in [6.07, 6.45) is 3.07. The number of benzene rings is 1. The largest absolute Gasteiger partial charge is 0.369 e. The topological polar surface area (TPSA) is 59.4 Å². The molecule has 0 bridgehead atoms. The van der Waals surface area contributed by atoms with Crippen LogP contribution in [-0.4, -0.2) is 43.5 Å². The molecule has 0 unspecified atom stereocenters. The van der Waals surface area contributed by atoms with Gasteiger partial charge < -0.3 is 10.2 Å². The van der Waals surface area contributed by atoms with Crippen molar-refractivity contribution in [3.8, 4) is 6.07 Å². The molecule has 152 valence electrons. The first-order valence-corrected chi connectivity index (χ1v) is 11.3. The lowest BCUT2D eigenvalue weighted by Crippen LogP contribution is -2.48. The Labute approximate surface area is 180 Å². The van der Waals surface area contributed by atoms with Crippen molar-refractivity contribution in [3.63, 3.8) is 0 Å². The third-order valence-electron chi connectivity index (χ3n) is 5.79. The van der Waals surface area contributed by atoms with E-state index in [1.807, 2.05) is 18.2 Å². The number of halogens is 1. The van der Waals surface area contributed by atoms with Gasteiger partial charge in [0.2, 0.25) is 5.91 Å². The molecule has 2 aliphatic rings. The van der Waals surface area contributed by atoms with E-state index < -0.39 is 0 Å². The zero-order valence-corrected chi connectivity index (χ0v) is 18.2. The lowest BCUT2D eigenvalue weighted by molar-refractivity contribution is -0.117. The number of rotatable bonds is 4. The number of hydrogen-bond donors (Lipinski definition) is 1. The van der Waals surface area contributed by atoms with Gasteiger partial charge in [0, 0.05) is 41.8 Å². The second-order valence-electron chi connectivity index (χ2n) is 7.96. The Balaban J connectivity index is 1.34. The first kappa shape index (κ1) is 20.2. The van der Waals surface area contributed by atoms with Gasteiger partial charge in [0.05, 0.1) is 12.1 Å². The number of amides is 1. The summed E-state index contributed by atoms with van der Waals surface area (Å²) in [7, 11) is 0. The van der Waals surface area contributed by atoms with E-state index in [9.17, 15) is 10.1 Å². The quantitative estimate of drug-likeness (QED) is 0.794. The fraction of sp³-hybridized carbons (Fsp3) is 0.455. The van der Waals surface area contributed by atoms with Crippen LogP contribution in [0.1, 0.15) is 29.3 Å². The minimum Gasteiger partial charge on any atom is -0.369 e. The molecule has 1 N–H and O–H groups in total. The molecule has 1 aliphatic carbocycles. The van der Waals surface area contributed by atoms with Gasteiger partial charge in [-0.1, -0.05) is 24.6 Å².